The van der Waals surface area contributed by atoms with Crippen LogP contribution in [0.4, 0.5) is 0 Å². The van der Waals surface area contributed by atoms with Gasteiger partial charge in [-0.25, -0.2) is 4.98 Å². The highest BCUT2D eigenvalue weighted by atomic mass is 16.5. The number of rotatable bonds is 2. The predicted molar refractivity (Wildman–Crippen MR) is 71.9 cm³/mol. The summed E-state index contributed by atoms with van der Waals surface area (Å²) >= 11 is 0. The number of methoxy groups -OCH3 is 1. The van der Waals surface area contributed by atoms with Crippen molar-refractivity contribution in [2.75, 3.05) is 7.11 Å². The maximum absolute atomic E-state index is 5.28. The molecule has 90 valence electrons. The third kappa shape index (κ3) is 1.64. The van der Waals surface area contributed by atoms with Gasteiger partial charge in [0, 0.05) is 11.8 Å². The summed E-state index contributed by atoms with van der Waals surface area (Å²) in [4.78, 5) is 4.48. The zero-order valence-electron chi connectivity index (χ0n) is 10.4. The summed E-state index contributed by atoms with van der Waals surface area (Å²) < 4.78 is 7.36. The number of ether oxygens (including phenoxy) is 1. The van der Waals surface area contributed by atoms with Gasteiger partial charge in [0.2, 0.25) is 0 Å². The third-order valence-corrected chi connectivity index (χ3v) is 3.09. The van der Waals surface area contributed by atoms with Gasteiger partial charge in [0.25, 0.3) is 0 Å². The van der Waals surface area contributed by atoms with Gasteiger partial charge in [-0.15, -0.1) is 0 Å². The molecule has 0 radical (unpaired) electrons. The molecule has 0 unspecified atom stereocenters. The molecule has 3 nitrogen and oxygen atoms in total. The van der Waals surface area contributed by atoms with Gasteiger partial charge in [-0.2, -0.15) is 0 Å². The Kier molecular flexibility index (Phi) is 2.52. The Labute approximate surface area is 106 Å². The summed E-state index contributed by atoms with van der Waals surface area (Å²) in [7, 11) is 1.69. The Morgan fingerprint density at radius 3 is 2.83 bits per heavy atom. The van der Waals surface area contributed by atoms with E-state index in [4.69, 9.17) is 4.74 Å². The van der Waals surface area contributed by atoms with Crippen molar-refractivity contribution in [1.29, 1.82) is 0 Å². The van der Waals surface area contributed by atoms with Gasteiger partial charge in [-0.1, -0.05) is 6.07 Å². The lowest BCUT2D eigenvalue weighted by Gasteiger charge is -2.07. The van der Waals surface area contributed by atoms with E-state index >= 15 is 0 Å². The highest BCUT2D eigenvalue weighted by Gasteiger charge is 2.07. The van der Waals surface area contributed by atoms with Gasteiger partial charge in [-0.3, -0.25) is 4.40 Å². The number of benzene rings is 1. The van der Waals surface area contributed by atoms with Crippen molar-refractivity contribution < 1.29 is 4.74 Å². The topological polar surface area (TPSA) is 26.5 Å². The maximum Gasteiger partial charge on any atom is 0.144 e. The lowest BCUT2D eigenvalue weighted by atomic mass is 10.1. The Morgan fingerprint density at radius 2 is 2.06 bits per heavy atom. The van der Waals surface area contributed by atoms with Crippen molar-refractivity contribution in [1.82, 2.24) is 9.38 Å². The number of pyridine rings is 1. The minimum atomic E-state index is 0.902. The van der Waals surface area contributed by atoms with E-state index in [1.165, 1.54) is 0 Å². The summed E-state index contributed by atoms with van der Waals surface area (Å²) in [5.41, 5.74) is 3.31. The summed E-state index contributed by atoms with van der Waals surface area (Å²) in [6.45, 7) is 2.04. The molecule has 1 aromatic carbocycles. The van der Waals surface area contributed by atoms with Gasteiger partial charge >= 0.3 is 0 Å². The Hall–Kier alpha value is -2.29. The van der Waals surface area contributed by atoms with Crippen LogP contribution in [0.5, 0.6) is 5.75 Å². The van der Waals surface area contributed by atoms with Crippen molar-refractivity contribution in [3.8, 4) is 17.1 Å². The largest absolute Gasteiger partial charge is 0.496 e. The second-order valence-corrected chi connectivity index (χ2v) is 4.26. The molecule has 0 N–H and O–H groups in total. The quantitative estimate of drug-likeness (QED) is 0.684. The second kappa shape index (κ2) is 4.18. The first-order valence-corrected chi connectivity index (χ1v) is 5.86. The average molecular weight is 238 g/mol. The standard InChI is InChI=1S/C15H14N2O/c1-11-9-12(6-7-14(11)18-2)15-16-10-13-5-3-4-8-17(13)15/h3-10H,1-2H3. The van der Waals surface area contributed by atoms with Gasteiger partial charge < -0.3 is 4.74 Å². The van der Waals surface area contributed by atoms with Crippen molar-refractivity contribution >= 4 is 5.52 Å². The highest BCUT2D eigenvalue weighted by Crippen LogP contribution is 2.25. The fourth-order valence-electron chi connectivity index (χ4n) is 2.18. The Bertz CT molecular complexity index is 701. The lowest BCUT2D eigenvalue weighted by Crippen LogP contribution is -1.91. The molecular formula is C15H14N2O. The van der Waals surface area contributed by atoms with E-state index in [-0.39, 0.29) is 0 Å². The molecule has 2 heterocycles. The van der Waals surface area contributed by atoms with Crippen LogP contribution in [-0.4, -0.2) is 16.5 Å². The van der Waals surface area contributed by atoms with Crippen LogP contribution in [0.1, 0.15) is 5.56 Å². The van der Waals surface area contributed by atoms with Crippen LogP contribution in [0.15, 0.2) is 48.8 Å². The van der Waals surface area contributed by atoms with Crippen molar-refractivity contribution in [3.05, 3.63) is 54.4 Å². The summed E-state index contributed by atoms with van der Waals surface area (Å²) in [6.07, 6.45) is 3.91. The van der Waals surface area contributed by atoms with Crippen LogP contribution >= 0.6 is 0 Å². The molecule has 0 aliphatic carbocycles. The number of fused-ring (bicyclic) bond motifs is 1. The molecule has 0 aliphatic heterocycles. The summed E-state index contributed by atoms with van der Waals surface area (Å²) in [5, 5.41) is 0. The second-order valence-electron chi connectivity index (χ2n) is 4.26. The first-order valence-electron chi connectivity index (χ1n) is 5.86. The molecule has 18 heavy (non-hydrogen) atoms. The van der Waals surface area contributed by atoms with Crippen LogP contribution in [0, 0.1) is 6.92 Å². The first kappa shape index (κ1) is 10.8. The van der Waals surface area contributed by atoms with Crippen molar-refractivity contribution in [2.24, 2.45) is 0 Å². The fraction of sp³-hybridized carbons (Fsp3) is 0.133. The number of nitrogens with zero attached hydrogens (tertiary/aromatic N) is 2. The molecule has 2 aromatic heterocycles. The molecule has 3 rings (SSSR count). The zero-order chi connectivity index (χ0) is 12.5. The Morgan fingerprint density at radius 1 is 1.17 bits per heavy atom. The summed E-state index contributed by atoms with van der Waals surface area (Å²) in [6, 6.07) is 12.2. The van der Waals surface area contributed by atoms with E-state index in [9.17, 15) is 0 Å². The van der Waals surface area contributed by atoms with E-state index in [0.29, 0.717) is 0 Å². The molecule has 0 spiro atoms. The zero-order valence-corrected chi connectivity index (χ0v) is 10.4. The predicted octanol–water partition coefficient (Wildman–Crippen LogP) is 3.32. The number of aryl methyl sites for hydroxylation is 1. The SMILES string of the molecule is COc1ccc(-c2ncc3ccccn23)cc1C. The smallest absolute Gasteiger partial charge is 0.144 e. The molecule has 0 atom stereocenters. The fourth-order valence-corrected chi connectivity index (χ4v) is 2.18. The lowest BCUT2D eigenvalue weighted by molar-refractivity contribution is 0.412. The third-order valence-electron chi connectivity index (χ3n) is 3.09. The van der Waals surface area contributed by atoms with Gasteiger partial charge in [0.05, 0.1) is 18.8 Å². The van der Waals surface area contributed by atoms with Crippen LogP contribution < -0.4 is 4.74 Å². The molecule has 0 bridgehead atoms. The number of hydrogen-bond donors (Lipinski definition) is 0. The molecule has 0 saturated heterocycles. The van der Waals surface area contributed by atoms with Gasteiger partial charge in [0.1, 0.15) is 11.6 Å². The minimum absolute atomic E-state index is 0.902. The van der Waals surface area contributed by atoms with E-state index in [0.717, 1.165) is 28.2 Å². The molecule has 0 aliphatic rings. The van der Waals surface area contributed by atoms with Crippen LogP contribution in [0.2, 0.25) is 0 Å². The maximum atomic E-state index is 5.28. The first-order chi connectivity index (χ1) is 8.79. The molecule has 3 aromatic rings. The van der Waals surface area contributed by atoms with Crippen molar-refractivity contribution in [3.63, 3.8) is 0 Å². The van der Waals surface area contributed by atoms with Crippen LogP contribution in [-0.2, 0) is 0 Å². The van der Waals surface area contributed by atoms with E-state index in [1.54, 1.807) is 7.11 Å². The van der Waals surface area contributed by atoms with Gasteiger partial charge in [0.15, 0.2) is 0 Å². The molecule has 0 fully saturated rings. The molecule has 0 saturated carbocycles. The van der Waals surface area contributed by atoms with Crippen molar-refractivity contribution in [2.45, 2.75) is 6.92 Å². The number of imidazole rings is 1. The summed E-state index contributed by atoms with van der Waals surface area (Å²) in [5.74, 6) is 1.86. The molecular weight excluding hydrogens is 224 g/mol. The number of hydrogen-bond acceptors (Lipinski definition) is 2. The van der Waals surface area contributed by atoms with Crippen LogP contribution in [0.3, 0.4) is 0 Å². The normalized spacial score (nSPS) is 10.8. The van der Waals surface area contributed by atoms with Gasteiger partial charge in [-0.05, 0) is 42.8 Å². The van der Waals surface area contributed by atoms with E-state index < -0.39 is 0 Å². The van der Waals surface area contributed by atoms with Crippen LogP contribution in [0.25, 0.3) is 16.9 Å². The van der Waals surface area contributed by atoms with E-state index in [2.05, 4.69) is 15.5 Å². The molecule has 0 amide bonds. The Balaban J connectivity index is 2.17. The number of aromatic nitrogens is 2. The average Bonchev–Trinajstić information content (AvgIpc) is 2.82. The monoisotopic (exact) mass is 238 g/mol. The van der Waals surface area contributed by atoms with E-state index in [1.807, 2.05) is 49.6 Å². The highest BCUT2D eigenvalue weighted by molar-refractivity contribution is 5.64. The molecule has 3 heteroatoms. The minimum Gasteiger partial charge on any atom is -0.496 e.